The van der Waals surface area contributed by atoms with Crippen LogP contribution in [0.25, 0.3) is 11.1 Å². The van der Waals surface area contributed by atoms with Crippen molar-refractivity contribution in [2.45, 2.75) is 19.5 Å². The van der Waals surface area contributed by atoms with Crippen molar-refractivity contribution in [3.8, 4) is 11.1 Å². The maximum Gasteiger partial charge on any atom is 0.251 e. The number of aliphatic hydroxyl groups excluding tert-OH is 1. The number of benzene rings is 3. The number of fused-ring (bicyclic) bond motifs is 1. The Morgan fingerprint density at radius 3 is 2.69 bits per heavy atom. The number of aryl methyl sites for hydroxylation is 1. The lowest BCUT2D eigenvalue weighted by Crippen LogP contribution is -2.30. The first-order valence-electron chi connectivity index (χ1n) is 9.47. The number of amides is 1. The number of halogens is 1. The van der Waals surface area contributed by atoms with Crippen molar-refractivity contribution in [3.05, 3.63) is 94.5 Å². The quantitative estimate of drug-likeness (QED) is 0.682. The lowest BCUT2D eigenvalue weighted by Gasteiger charge is -2.17. The number of nitrogens with zero attached hydrogens (tertiary/aromatic N) is 1. The van der Waals surface area contributed by atoms with Gasteiger partial charge in [0.15, 0.2) is 0 Å². The first kappa shape index (κ1) is 19.0. The smallest absolute Gasteiger partial charge is 0.251 e. The van der Waals surface area contributed by atoms with Gasteiger partial charge in [0.2, 0.25) is 5.97 Å². The SMILES string of the molecule is Cc1cccc([C@@H](CO)NC(=O)c2cccc(-c3ccc4c(c3)C(F)=NC4)c2)c1. The van der Waals surface area contributed by atoms with E-state index < -0.39 is 12.0 Å². The zero-order valence-electron chi connectivity index (χ0n) is 16.0. The summed E-state index contributed by atoms with van der Waals surface area (Å²) in [6.45, 7) is 2.14. The van der Waals surface area contributed by atoms with Gasteiger partial charge in [-0.1, -0.05) is 54.1 Å². The first-order valence-corrected chi connectivity index (χ1v) is 9.47. The molecule has 0 spiro atoms. The molecule has 146 valence electrons. The van der Waals surface area contributed by atoms with E-state index in [-0.39, 0.29) is 12.5 Å². The Hall–Kier alpha value is -3.31. The van der Waals surface area contributed by atoms with Crippen molar-refractivity contribution >= 4 is 11.9 Å². The minimum absolute atomic E-state index is 0.196. The van der Waals surface area contributed by atoms with E-state index in [1.54, 1.807) is 24.3 Å². The Balaban J connectivity index is 1.58. The summed E-state index contributed by atoms with van der Waals surface area (Å²) in [7, 11) is 0. The van der Waals surface area contributed by atoms with Gasteiger partial charge in [-0.25, -0.2) is 0 Å². The Labute approximate surface area is 168 Å². The van der Waals surface area contributed by atoms with Crippen molar-refractivity contribution in [1.29, 1.82) is 0 Å². The minimum Gasteiger partial charge on any atom is -0.394 e. The molecule has 0 aliphatic carbocycles. The molecule has 0 bridgehead atoms. The predicted octanol–water partition coefficient (Wildman–Crippen LogP) is 4.36. The molecule has 1 amide bonds. The summed E-state index contributed by atoms with van der Waals surface area (Å²) in [4.78, 5) is 16.6. The summed E-state index contributed by atoms with van der Waals surface area (Å²) in [5.41, 5.74) is 5.40. The zero-order valence-corrected chi connectivity index (χ0v) is 16.0. The van der Waals surface area contributed by atoms with Gasteiger partial charge in [-0.05, 0) is 47.4 Å². The second-order valence-electron chi connectivity index (χ2n) is 7.18. The zero-order chi connectivity index (χ0) is 20.4. The van der Waals surface area contributed by atoms with Crippen LogP contribution in [0.15, 0.2) is 71.7 Å². The molecule has 5 heteroatoms. The van der Waals surface area contributed by atoms with Crippen molar-refractivity contribution in [1.82, 2.24) is 5.32 Å². The van der Waals surface area contributed by atoms with Gasteiger partial charge in [-0.15, -0.1) is 0 Å². The number of aliphatic imine (C=N–C) groups is 1. The molecule has 4 nitrogen and oxygen atoms in total. The summed E-state index contributed by atoms with van der Waals surface area (Å²) in [6.07, 6.45) is 0. The first-order chi connectivity index (χ1) is 14.0. The van der Waals surface area contributed by atoms with Crippen molar-refractivity contribution in [2.24, 2.45) is 4.99 Å². The van der Waals surface area contributed by atoms with Crippen LogP contribution in [0.3, 0.4) is 0 Å². The lowest BCUT2D eigenvalue weighted by atomic mass is 9.98. The lowest BCUT2D eigenvalue weighted by molar-refractivity contribution is 0.0916. The van der Waals surface area contributed by atoms with E-state index >= 15 is 0 Å². The Morgan fingerprint density at radius 1 is 1.10 bits per heavy atom. The molecule has 1 aliphatic rings. The van der Waals surface area contributed by atoms with Gasteiger partial charge in [-0.3, -0.25) is 9.79 Å². The number of rotatable bonds is 5. The van der Waals surface area contributed by atoms with Crippen LogP contribution in [-0.4, -0.2) is 23.6 Å². The largest absolute Gasteiger partial charge is 0.394 e. The van der Waals surface area contributed by atoms with E-state index in [0.29, 0.717) is 17.7 Å². The van der Waals surface area contributed by atoms with Crippen LogP contribution >= 0.6 is 0 Å². The molecule has 1 heterocycles. The highest BCUT2D eigenvalue weighted by molar-refractivity contribution is 5.99. The topological polar surface area (TPSA) is 61.7 Å². The average molecular weight is 388 g/mol. The molecule has 3 aromatic carbocycles. The van der Waals surface area contributed by atoms with Gasteiger partial charge < -0.3 is 10.4 Å². The van der Waals surface area contributed by atoms with E-state index in [0.717, 1.165) is 27.8 Å². The third kappa shape index (κ3) is 3.96. The molecule has 3 aromatic rings. The number of carbonyl (C=O) groups excluding carboxylic acids is 1. The van der Waals surface area contributed by atoms with Crippen molar-refractivity contribution in [3.63, 3.8) is 0 Å². The van der Waals surface area contributed by atoms with E-state index in [1.165, 1.54) is 0 Å². The standard InChI is InChI=1S/C24H21FN2O2/c1-15-4-2-6-18(10-15)22(14-28)27-24(29)19-7-3-5-16(11-19)17-8-9-20-13-26-23(25)21(20)12-17/h2-12,22,28H,13-14H2,1H3,(H,27,29)/t22-/m1/s1. The number of aliphatic hydroxyl groups is 1. The van der Waals surface area contributed by atoms with E-state index in [4.69, 9.17) is 0 Å². The van der Waals surface area contributed by atoms with Crippen LogP contribution in [-0.2, 0) is 6.54 Å². The number of carbonyl (C=O) groups is 1. The van der Waals surface area contributed by atoms with Crippen molar-refractivity contribution in [2.75, 3.05) is 6.61 Å². The van der Waals surface area contributed by atoms with Gasteiger partial charge in [0.05, 0.1) is 19.2 Å². The summed E-state index contributed by atoms with van der Waals surface area (Å²) in [5.74, 6) is -0.721. The molecular weight excluding hydrogens is 367 g/mol. The highest BCUT2D eigenvalue weighted by atomic mass is 19.1. The molecule has 0 unspecified atom stereocenters. The highest BCUT2D eigenvalue weighted by Crippen LogP contribution is 2.27. The van der Waals surface area contributed by atoms with Crippen molar-refractivity contribution < 1.29 is 14.3 Å². The molecule has 0 fully saturated rings. The van der Waals surface area contributed by atoms with Crippen LogP contribution in [0, 0.1) is 6.92 Å². The number of hydrogen-bond donors (Lipinski definition) is 2. The van der Waals surface area contributed by atoms with Gasteiger partial charge in [0, 0.05) is 11.1 Å². The Bertz CT molecular complexity index is 1110. The molecule has 29 heavy (non-hydrogen) atoms. The molecule has 0 radical (unpaired) electrons. The number of hydrogen-bond acceptors (Lipinski definition) is 3. The molecule has 1 aliphatic heterocycles. The summed E-state index contributed by atoms with van der Waals surface area (Å²) < 4.78 is 13.9. The Morgan fingerprint density at radius 2 is 1.90 bits per heavy atom. The maximum atomic E-state index is 13.9. The highest BCUT2D eigenvalue weighted by Gasteiger charge is 2.18. The fourth-order valence-electron chi connectivity index (χ4n) is 3.53. The predicted molar refractivity (Wildman–Crippen MR) is 112 cm³/mol. The molecule has 4 rings (SSSR count). The van der Waals surface area contributed by atoms with E-state index in [2.05, 4.69) is 10.3 Å². The molecular formula is C24H21FN2O2. The van der Waals surface area contributed by atoms with E-state index in [9.17, 15) is 14.3 Å². The van der Waals surface area contributed by atoms with E-state index in [1.807, 2.05) is 49.4 Å². The second kappa shape index (κ2) is 7.97. The number of nitrogens with one attached hydrogen (secondary N) is 1. The van der Waals surface area contributed by atoms with Gasteiger partial charge in [0.1, 0.15) is 0 Å². The summed E-state index contributed by atoms with van der Waals surface area (Å²) in [5, 5.41) is 12.6. The van der Waals surface area contributed by atoms with Crippen LogP contribution in [0.4, 0.5) is 4.39 Å². The molecule has 0 aromatic heterocycles. The Kier molecular flexibility index (Phi) is 5.23. The normalized spacial score (nSPS) is 13.6. The van der Waals surface area contributed by atoms with Crippen LogP contribution in [0.2, 0.25) is 0 Å². The third-order valence-corrected chi connectivity index (χ3v) is 5.11. The second-order valence-corrected chi connectivity index (χ2v) is 7.18. The molecule has 1 atom stereocenters. The minimum atomic E-state index is -0.489. The summed E-state index contributed by atoms with van der Waals surface area (Å²) >= 11 is 0. The molecule has 2 N–H and O–H groups in total. The maximum absolute atomic E-state index is 13.9. The summed E-state index contributed by atoms with van der Waals surface area (Å²) in [6, 6.07) is 19.9. The van der Waals surface area contributed by atoms with Gasteiger partial charge >= 0.3 is 0 Å². The molecule has 0 saturated carbocycles. The average Bonchev–Trinajstić information content (AvgIpc) is 3.12. The molecule has 0 saturated heterocycles. The fraction of sp³-hybridized carbons (Fsp3) is 0.167. The van der Waals surface area contributed by atoms with Gasteiger partial charge in [0.25, 0.3) is 5.91 Å². The third-order valence-electron chi connectivity index (χ3n) is 5.11. The van der Waals surface area contributed by atoms with Crippen LogP contribution < -0.4 is 5.32 Å². The van der Waals surface area contributed by atoms with Crippen LogP contribution in [0.1, 0.15) is 38.7 Å². The van der Waals surface area contributed by atoms with Gasteiger partial charge in [-0.2, -0.15) is 4.39 Å². The van der Waals surface area contributed by atoms with Crippen LogP contribution in [0.5, 0.6) is 0 Å². The fourth-order valence-corrected chi connectivity index (χ4v) is 3.53. The monoisotopic (exact) mass is 388 g/mol.